The predicted octanol–water partition coefficient (Wildman–Crippen LogP) is -5.53. The summed E-state index contributed by atoms with van der Waals surface area (Å²) in [4.78, 5) is 0. The average molecular weight is 302 g/mol. The molecule has 0 saturated carbocycles. The van der Waals surface area contributed by atoms with E-state index >= 15 is 0 Å². The first-order valence-corrected chi connectivity index (χ1v) is 5.86. The molecule has 0 radical (unpaired) electrons. The number of aliphatic hydroxyl groups is 9. The van der Waals surface area contributed by atoms with Gasteiger partial charge in [-0.05, 0) is 0 Å². The van der Waals surface area contributed by atoms with E-state index in [9.17, 15) is 25.5 Å². The van der Waals surface area contributed by atoms with Crippen LogP contribution in [0.2, 0.25) is 0 Å². The van der Waals surface area contributed by atoms with Crippen LogP contribution in [0, 0.1) is 0 Å². The van der Waals surface area contributed by atoms with Crippen LogP contribution < -0.4 is 0 Å². The Kier molecular flexibility index (Phi) is 9.33. The average Bonchev–Trinajstić information content (AvgIpc) is 2.47. The first-order chi connectivity index (χ1) is 9.26. The molecule has 0 aromatic rings. The van der Waals surface area contributed by atoms with Crippen molar-refractivity contribution in [2.75, 3.05) is 19.8 Å². The van der Waals surface area contributed by atoms with Crippen molar-refractivity contribution in [3.8, 4) is 0 Å². The minimum Gasteiger partial charge on any atom is -0.394 e. The summed E-state index contributed by atoms with van der Waals surface area (Å²) in [6.07, 6.45) is -12.8. The van der Waals surface area contributed by atoms with Gasteiger partial charge in [-0.15, -0.1) is 0 Å². The molecule has 0 aromatic heterocycles. The minimum absolute atomic E-state index is 0.661. The molecule has 0 fully saturated rings. The van der Waals surface area contributed by atoms with Crippen LogP contribution in [0.15, 0.2) is 0 Å². The van der Waals surface area contributed by atoms with Crippen LogP contribution in [0.3, 0.4) is 0 Å². The van der Waals surface area contributed by atoms with Gasteiger partial charge in [0.2, 0.25) is 0 Å². The summed E-state index contributed by atoms with van der Waals surface area (Å²) in [6.45, 7) is -2.28. The second-order valence-electron chi connectivity index (χ2n) is 4.26. The van der Waals surface area contributed by atoms with Gasteiger partial charge in [-0.3, -0.25) is 0 Å². The number of ether oxygens (including phenoxy) is 1. The molecule has 0 aliphatic rings. The number of hydrogen-bond donors (Lipinski definition) is 9. The fourth-order valence-corrected chi connectivity index (χ4v) is 1.23. The van der Waals surface area contributed by atoms with Crippen LogP contribution in [0.4, 0.5) is 0 Å². The van der Waals surface area contributed by atoms with Crippen LogP contribution in [-0.2, 0) is 4.74 Å². The van der Waals surface area contributed by atoms with Crippen LogP contribution >= 0.6 is 0 Å². The van der Waals surface area contributed by atoms with E-state index in [0.717, 1.165) is 0 Å². The van der Waals surface area contributed by atoms with Crippen LogP contribution in [-0.4, -0.2) is 109 Å². The Labute approximate surface area is 114 Å². The Morgan fingerprint density at radius 2 is 1.10 bits per heavy atom. The Hall–Kier alpha value is -0.400. The highest BCUT2D eigenvalue weighted by Gasteiger charge is 2.35. The minimum atomic E-state index is -2.04. The van der Waals surface area contributed by atoms with E-state index < -0.39 is 62.7 Å². The van der Waals surface area contributed by atoms with Crippen molar-refractivity contribution in [3.05, 3.63) is 0 Å². The Morgan fingerprint density at radius 1 is 0.600 bits per heavy atom. The first kappa shape index (κ1) is 19.6. The zero-order valence-corrected chi connectivity index (χ0v) is 10.6. The van der Waals surface area contributed by atoms with E-state index in [0.29, 0.717) is 0 Å². The molecular formula is C10H22O10. The normalized spacial score (nSPS) is 22.6. The fourth-order valence-electron chi connectivity index (χ4n) is 1.23. The van der Waals surface area contributed by atoms with E-state index in [-0.39, 0.29) is 0 Å². The van der Waals surface area contributed by atoms with E-state index in [1.165, 1.54) is 0 Å². The lowest BCUT2D eigenvalue weighted by atomic mass is 10.0. The summed E-state index contributed by atoms with van der Waals surface area (Å²) in [5.74, 6) is 0. The summed E-state index contributed by atoms with van der Waals surface area (Å²) < 4.78 is 4.54. The molecule has 0 aliphatic heterocycles. The molecule has 0 aliphatic carbocycles. The molecule has 0 rings (SSSR count). The molecule has 0 bridgehead atoms. The molecular weight excluding hydrogens is 280 g/mol. The third-order valence-electron chi connectivity index (χ3n) is 2.64. The van der Waals surface area contributed by atoms with Gasteiger partial charge in [-0.1, -0.05) is 0 Å². The van der Waals surface area contributed by atoms with Gasteiger partial charge in [0.25, 0.3) is 0 Å². The molecule has 9 N–H and O–H groups in total. The third-order valence-corrected chi connectivity index (χ3v) is 2.64. The molecule has 0 amide bonds. The van der Waals surface area contributed by atoms with Crippen molar-refractivity contribution in [1.82, 2.24) is 0 Å². The van der Waals surface area contributed by atoms with Crippen molar-refractivity contribution >= 4 is 0 Å². The Morgan fingerprint density at radius 3 is 1.55 bits per heavy atom. The Bertz CT molecular complexity index is 252. The quantitative estimate of drug-likeness (QED) is 0.176. The zero-order valence-electron chi connectivity index (χ0n) is 10.6. The summed E-state index contributed by atoms with van der Waals surface area (Å²) in [5, 5.41) is 81.9. The van der Waals surface area contributed by atoms with Crippen molar-refractivity contribution in [3.63, 3.8) is 0 Å². The van der Waals surface area contributed by atoms with Crippen LogP contribution in [0.1, 0.15) is 0 Å². The van der Waals surface area contributed by atoms with Gasteiger partial charge in [0.15, 0.2) is 6.29 Å². The van der Waals surface area contributed by atoms with Gasteiger partial charge in [0.05, 0.1) is 19.8 Å². The maximum Gasteiger partial charge on any atom is 0.183 e. The van der Waals surface area contributed by atoms with Gasteiger partial charge >= 0.3 is 0 Å². The van der Waals surface area contributed by atoms with Crippen LogP contribution in [0.25, 0.3) is 0 Å². The highest BCUT2D eigenvalue weighted by atomic mass is 16.6. The first-order valence-electron chi connectivity index (χ1n) is 5.86. The maximum atomic E-state index is 9.44. The highest BCUT2D eigenvalue weighted by molar-refractivity contribution is 4.82. The Balaban J connectivity index is 4.29. The lowest BCUT2D eigenvalue weighted by molar-refractivity contribution is -0.222. The maximum absolute atomic E-state index is 9.44. The van der Waals surface area contributed by atoms with E-state index in [1.54, 1.807) is 0 Å². The molecule has 122 valence electrons. The summed E-state index contributed by atoms with van der Waals surface area (Å²) >= 11 is 0. The second kappa shape index (κ2) is 9.52. The van der Waals surface area contributed by atoms with Gasteiger partial charge in [-0.2, -0.15) is 0 Å². The van der Waals surface area contributed by atoms with Crippen molar-refractivity contribution in [2.45, 2.75) is 42.9 Å². The standard InChI is InChI=1S/C10H22O10/c11-1-4(13)6(15)3-20-10(19)9(18)8(17)7(16)5(14)2-12/h4-19H,1-3H2/t4-,5-,6+,7-,8+,9+,10?/m1/s1. The summed E-state index contributed by atoms with van der Waals surface area (Å²) in [5.41, 5.74) is 0. The van der Waals surface area contributed by atoms with E-state index in [2.05, 4.69) is 4.74 Å². The topological polar surface area (TPSA) is 191 Å². The smallest absolute Gasteiger partial charge is 0.183 e. The zero-order chi connectivity index (χ0) is 15.9. The molecule has 10 heteroatoms. The number of hydrogen-bond acceptors (Lipinski definition) is 10. The lowest BCUT2D eigenvalue weighted by Crippen LogP contribution is -2.51. The predicted molar refractivity (Wildman–Crippen MR) is 62.2 cm³/mol. The highest BCUT2D eigenvalue weighted by Crippen LogP contribution is 2.10. The molecule has 7 atom stereocenters. The fraction of sp³-hybridized carbons (Fsp3) is 1.00. The molecule has 0 heterocycles. The van der Waals surface area contributed by atoms with Crippen molar-refractivity contribution in [2.24, 2.45) is 0 Å². The van der Waals surface area contributed by atoms with Gasteiger partial charge in [0.1, 0.15) is 36.6 Å². The number of aliphatic hydroxyl groups excluding tert-OH is 9. The lowest BCUT2D eigenvalue weighted by Gasteiger charge is -2.29. The van der Waals surface area contributed by atoms with E-state index in [4.69, 9.17) is 20.4 Å². The van der Waals surface area contributed by atoms with Gasteiger partial charge in [0, 0.05) is 0 Å². The molecule has 0 saturated heterocycles. The molecule has 10 nitrogen and oxygen atoms in total. The summed E-state index contributed by atoms with van der Waals surface area (Å²) in [6, 6.07) is 0. The molecule has 0 aromatic carbocycles. The van der Waals surface area contributed by atoms with Crippen LogP contribution in [0.5, 0.6) is 0 Å². The van der Waals surface area contributed by atoms with Gasteiger partial charge < -0.3 is 50.7 Å². The molecule has 20 heavy (non-hydrogen) atoms. The van der Waals surface area contributed by atoms with Crippen molar-refractivity contribution < 1.29 is 50.7 Å². The largest absolute Gasteiger partial charge is 0.394 e. The molecule has 1 unspecified atom stereocenters. The van der Waals surface area contributed by atoms with Gasteiger partial charge in [-0.25, -0.2) is 0 Å². The monoisotopic (exact) mass is 302 g/mol. The van der Waals surface area contributed by atoms with E-state index in [1.807, 2.05) is 0 Å². The summed E-state index contributed by atoms with van der Waals surface area (Å²) in [7, 11) is 0. The second-order valence-corrected chi connectivity index (χ2v) is 4.26. The number of rotatable bonds is 10. The third kappa shape index (κ3) is 5.93. The SMILES string of the molecule is OC[C@@H](O)[C@@H](O)[C@H](O)[C@H](O)C(O)OC[C@H](O)[C@H](O)CO. The molecule has 0 spiro atoms. The van der Waals surface area contributed by atoms with Crippen molar-refractivity contribution in [1.29, 1.82) is 0 Å².